The molecule has 0 N–H and O–H groups in total. The van der Waals surface area contributed by atoms with Gasteiger partial charge in [-0.05, 0) is 12.0 Å². The Balaban J connectivity index is 0.00000684. The molecule has 2 rings (SSSR count). The maximum absolute atomic E-state index is 5.89. The molecule has 1 aromatic heterocycles. The lowest BCUT2D eigenvalue weighted by atomic mass is 10.0. The molecule has 37 heavy (non-hydrogen) atoms. The summed E-state index contributed by atoms with van der Waals surface area (Å²) in [5.41, 5.74) is 4.62. The van der Waals surface area contributed by atoms with Crippen LogP contribution >= 0.6 is 11.3 Å². The summed E-state index contributed by atoms with van der Waals surface area (Å²) in [5, 5.41) is 2.10. The molecule has 0 bridgehead atoms. The van der Waals surface area contributed by atoms with E-state index < -0.39 is 0 Å². The number of hydrogen-bond donors (Lipinski definition) is 0. The van der Waals surface area contributed by atoms with Crippen LogP contribution in [0.4, 0.5) is 0 Å². The van der Waals surface area contributed by atoms with E-state index in [1.165, 1.54) is 94.6 Å². The molecule has 0 radical (unpaired) electrons. The van der Waals surface area contributed by atoms with E-state index in [0.717, 1.165) is 19.6 Å². The number of methoxy groups -OCH3 is 1. The van der Waals surface area contributed by atoms with E-state index in [1.807, 2.05) is 0 Å². The summed E-state index contributed by atoms with van der Waals surface area (Å²) in [4.78, 5) is 0. The number of thiazole rings is 1. The van der Waals surface area contributed by atoms with E-state index in [1.54, 1.807) is 18.4 Å². The molecule has 0 spiro atoms. The molecule has 0 saturated heterocycles. The molecule has 4 nitrogen and oxygen atoms in total. The van der Waals surface area contributed by atoms with Gasteiger partial charge >= 0.3 is 0 Å². The average molecular weight is 599 g/mol. The van der Waals surface area contributed by atoms with Crippen LogP contribution in [-0.4, -0.2) is 33.0 Å². The second-order valence-electron chi connectivity index (χ2n) is 10.1. The van der Waals surface area contributed by atoms with E-state index in [-0.39, 0.29) is 23.1 Å². The van der Waals surface area contributed by atoms with Crippen LogP contribution in [0.5, 0.6) is 0 Å². The third-order valence-corrected chi connectivity index (χ3v) is 7.44. The van der Waals surface area contributed by atoms with Gasteiger partial charge in [-0.15, -0.1) is 0 Å². The lowest BCUT2D eigenvalue weighted by Gasteiger charge is -2.16. The highest BCUT2D eigenvalue weighted by atomic mass is 79.9. The van der Waals surface area contributed by atoms with Gasteiger partial charge in [0.1, 0.15) is 6.10 Å². The molecule has 212 valence electrons. The number of aromatic nitrogens is 1. The number of ether oxygens (including phenoxy) is 3. The monoisotopic (exact) mass is 597 g/mol. The maximum atomic E-state index is 5.89. The summed E-state index contributed by atoms with van der Waals surface area (Å²) in [7, 11) is 1.74. The molecule has 6 heteroatoms. The summed E-state index contributed by atoms with van der Waals surface area (Å²) in [6.45, 7) is 5.78. The van der Waals surface area contributed by atoms with Crippen LogP contribution < -0.4 is 21.5 Å². The quantitative estimate of drug-likeness (QED) is 0.124. The normalized spacial score (nSPS) is 11.9. The molecule has 0 aliphatic carbocycles. The van der Waals surface area contributed by atoms with E-state index in [9.17, 15) is 0 Å². The standard InChI is InChI=1S/C31H52NO3S.BrH/c1-3-4-5-6-7-8-9-10-11-12-13-14-15-16-22-34-26-31(33-2)27-35-25-30-19-17-29(18-20-30)24-32-21-23-36-28-32;/h17-21,23,28,31H,3-16,22,24-27H2,1-2H3;1H/q+1;/p-1. The van der Waals surface area contributed by atoms with Gasteiger partial charge in [-0.25, -0.2) is 0 Å². The second kappa shape index (κ2) is 24.3. The van der Waals surface area contributed by atoms with Crippen LogP contribution in [0.25, 0.3) is 0 Å². The van der Waals surface area contributed by atoms with Crippen LogP contribution in [0.1, 0.15) is 108 Å². The summed E-state index contributed by atoms with van der Waals surface area (Å²) >= 11 is 1.71. The minimum Gasteiger partial charge on any atom is -1.00 e. The number of hydrogen-bond acceptors (Lipinski definition) is 4. The number of halogens is 1. The third kappa shape index (κ3) is 18.2. The van der Waals surface area contributed by atoms with Gasteiger partial charge in [0.2, 0.25) is 5.51 Å². The van der Waals surface area contributed by atoms with Crippen molar-refractivity contribution in [3.63, 3.8) is 0 Å². The highest BCUT2D eigenvalue weighted by molar-refractivity contribution is 7.07. The second-order valence-corrected chi connectivity index (χ2v) is 10.8. The number of benzene rings is 1. The summed E-state index contributed by atoms with van der Waals surface area (Å²) in [6, 6.07) is 8.65. The highest BCUT2D eigenvalue weighted by Gasteiger charge is 2.08. The molecular formula is C31H52BrNO3S. The number of nitrogens with zero attached hydrogens (tertiary/aromatic N) is 1. The maximum Gasteiger partial charge on any atom is 0.224 e. The average Bonchev–Trinajstić information content (AvgIpc) is 3.41. The Hall–Kier alpha value is -0.790. The molecule has 1 unspecified atom stereocenters. The molecule has 0 aliphatic rings. The Morgan fingerprint density at radius 2 is 1.27 bits per heavy atom. The van der Waals surface area contributed by atoms with Crippen LogP contribution in [0.3, 0.4) is 0 Å². The topological polar surface area (TPSA) is 31.6 Å². The van der Waals surface area contributed by atoms with Gasteiger partial charge < -0.3 is 31.2 Å². The molecule has 0 amide bonds. The first-order chi connectivity index (χ1) is 17.8. The molecule has 1 aromatic carbocycles. The fraction of sp³-hybridized carbons (Fsp3) is 0.710. The first-order valence-corrected chi connectivity index (χ1v) is 15.4. The van der Waals surface area contributed by atoms with Crippen molar-refractivity contribution in [3.8, 4) is 0 Å². The summed E-state index contributed by atoms with van der Waals surface area (Å²) in [5.74, 6) is 0. The smallest absolute Gasteiger partial charge is 0.224 e. The van der Waals surface area contributed by atoms with E-state index >= 15 is 0 Å². The van der Waals surface area contributed by atoms with E-state index in [0.29, 0.717) is 19.8 Å². The van der Waals surface area contributed by atoms with Crippen molar-refractivity contribution in [3.05, 3.63) is 52.5 Å². The van der Waals surface area contributed by atoms with Crippen molar-refractivity contribution < 1.29 is 35.8 Å². The Morgan fingerprint density at radius 1 is 0.730 bits per heavy atom. The largest absolute Gasteiger partial charge is 1.00 e. The van der Waals surface area contributed by atoms with Crippen molar-refractivity contribution >= 4 is 11.3 Å². The van der Waals surface area contributed by atoms with Gasteiger partial charge in [0.15, 0.2) is 12.7 Å². The predicted molar refractivity (Wildman–Crippen MR) is 152 cm³/mol. The zero-order valence-electron chi connectivity index (χ0n) is 23.5. The molecule has 0 saturated carbocycles. The third-order valence-electron chi connectivity index (χ3n) is 6.77. The first-order valence-electron chi connectivity index (χ1n) is 14.5. The lowest BCUT2D eigenvalue weighted by molar-refractivity contribution is -0.683. The first kappa shape index (κ1) is 34.2. The minimum atomic E-state index is -0.00842. The number of unbranched alkanes of at least 4 members (excludes halogenated alkanes) is 13. The number of rotatable bonds is 24. The van der Waals surface area contributed by atoms with Crippen molar-refractivity contribution in [1.29, 1.82) is 0 Å². The van der Waals surface area contributed by atoms with Gasteiger partial charge in [-0.1, -0.05) is 126 Å². The van der Waals surface area contributed by atoms with Crippen molar-refractivity contribution in [2.75, 3.05) is 26.9 Å². The minimum absolute atomic E-state index is 0. The van der Waals surface area contributed by atoms with Crippen LogP contribution in [0, 0.1) is 0 Å². The summed E-state index contributed by atoms with van der Waals surface area (Å²) < 4.78 is 19.5. The van der Waals surface area contributed by atoms with Crippen LogP contribution in [-0.2, 0) is 27.4 Å². The Morgan fingerprint density at radius 3 is 1.81 bits per heavy atom. The predicted octanol–water partition coefficient (Wildman–Crippen LogP) is 5.12. The Bertz CT molecular complexity index is 727. The van der Waals surface area contributed by atoms with Gasteiger partial charge in [0, 0.05) is 19.3 Å². The Labute approximate surface area is 241 Å². The SMILES string of the molecule is CCCCCCCCCCCCCCCCOCC(COCc1ccc(C[n+]2ccsc2)cc1)OC.[Br-]. The van der Waals surface area contributed by atoms with E-state index in [4.69, 9.17) is 14.2 Å². The lowest BCUT2D eigenvalue weighted by Crippen LogP contribution is -3.00. The van der Waals surface area contributed by atoms with Crippen LogP contribution in [0.2, 0.25) is 0 Å². The zero-order valence-corrected chi connectivity index (χ0v) is 25.9. The zero-order chi connectivity index (χ0) is 25.5. The Kier molecular flexibility index (Phi) is 22.5. The van der Waals surface area contributed by atoms with Gasteiger partial charge in [0.05, 0.1) is 25.2 Å². The van der Waals surface area contributed by atoms with E-state index in [2.05, 4.69) is 52.8 Å². The van der Waals surface area contributed by atoms with Crippen molar-refractivity contribution in [1.82, 2.24) is 0 Å². The molecule has 1 atom stereocenters. The van der Waals surface area contributed by atoms with Crippen LogP contribution in [0.15, 0.2) is 41.4 Å². The fourth-order valence-electron chi connectivity index (χ4n) is 4.41. The van der Waals surface area contributed by atoms with Gasteiger partial charge in [-0.2, -0.15) is 4.57 Å². The van der Waals surface area contributed by atoms with Gasteiger partial charge in [-0.3, -0.25) is 0 Å². The van der Waals surface area contributed by atoms with Gasteiger partial charge in [0.25, 0.3) is 0 Å². The molecule has 0 aliphatic heterocycles. The van der Waals surface area contributed by atoms with Crippen molar-refractivity contribution in [2.24, 2.45) is 0 Å². The molecular weight excluding hydrogens is 546 g/mol. The summed E-state index contributed by atoms with van der Waals surface area (Å²) in [6.07, 6.45) is 21.4. The molecule has 2 aromatic rings. The molecule has 1 heterocycles. The highest BCUT2D eigenvalue weighted by Crippen LogP contribution is 2.13. The fourth-order valence-corrected chi connectivity index (χ4v) is 5.01. The molecule has 0 fully saturated rings. The van der Waals surface area contributed by atoms with Crippen molar-refractivity contribution in [2.45, 2.75) is 116 Å².